The van der Waals surface area contributed by atoms with Crippen molar-refractivity contribution in [2.75, 3.05) is 10.5 Å². The number of hydrogen-bond acceptors (Lipinski definition) is 3. The van der Waals surface area contributed by atoms with E-state index in [0.717, 1.165) is 10.0 Å². The topological polar surface area (TPSA) is 72.2 Å². The second kappa shape index (κ2) is 5.75. The summed E-state index contributed by atoms with van der Waals surface area (Å²) in [5.74, 6) is 0. The van der Waals surface area contributed by atoms with E-state index in [0.29, 0.717) is 15.8 Å². The van der Waals surface area contributed by atoms with E-state index in [1.807, 2.05) is 13.0 Å². The molecule has 4 nitrogen and oxygen atoms in total. The minimum Gasteiger partial charge on any atom is -0.399 e. The lowest BCUT2D eigenvalue weighted by Crippen LogP contribution is -2.13. The number of benzene rings is 2. The van der Waals surface area contributed by atoms with Crippen molar-refractivity contribution in [2.45, 2.75) is 11.8 Å². The van der Waals surface area contributed by atoms with Crippen LogP contribution in [0.4, 0.5) is 11.4 Å². The lowest BCUT2D eigenvalue weighted by Gasteiger charge is -2.11. The number of halogens is 2. The molecule has 0 unspecified atom stereocenters. The van der Waals surface area contributed by atoms with Crippen LogP contribution in [0, 0.1) is 6.92 Å². The Morgan fingerprint density at radius 3 is 2.40 bits per heavy atom. The fraction of sp³-hybridized carbons (Fsp3) is 0.0769. The summed E-state index contributed by atoms with van der Waals surface area (Å²) in [5.41, 5.74) is 7.56. The molecular weight excluding hydrogens is 408 g/mol. The summed E-state index contributed by atoms with van der Waals surface area (Å²) in [4.78, 5) is 0.143. The van der Waals surface area contributed by atoms with E-state index < -0.39 is 10.0 Å². The highest BCUT2D eigenvalue weighted by Crippen LogP contribution is 2.27. The number of nitrogens with two attached hydrogens (primary N) is 1. The first-order valence-electron chi connectivity index (χ1n) is 5.63. The number of rotatable bonds is 3. The molecule has 7 heteroatoms. The zero-order valence-electron chi connectivity index (χ0n) is 10.5. The molecule has 0 atom stereocenters. The van der Waals surface area contributed by atoms with Crippen molar-refractivity contribution in [2.24, 2.45) is 0 Å². The van der Waals surface area contributed by atoms with Crippen LogP contribution >= 0.6 is 31.9 Å². The van der Waals surface area contributed by atoms with E-state index in [1.165, 1.54) is 6.07 Å². The van der Waals surface area contributed by atoms with Gasteiger partial charge in [0.25, 0.3) is 10.0 Å². The molecule has 0 spiro atoms. The van der Waals surface area contributed by atoms with Gasteiger partial charge in [0.15, 0.2) is 0 Å². The third-order valence-corrected chi connectivity index (χ3v) is 5.36. The van der Waals surface area contributed by atoms with Gasteiger partial charge in [0, 0.05) is 14.6 Å². The fourth-order valence-corrected chi connectivity index (χ4v) is 4.48. The van der Waals surface area contributed by atoms with Crippen molar-refractivity contribution in [3.05, 3.63) is 50.9 Å². The monoisotopic (exact) mass is 418 g/mol. The van der Waals surface area contributed by atoms with Gasteiger partial charge in [-0.3, -0.25) is 4.72 Å². The minimum absolute atomic E-state index is 0.143. The summed E-state index contributed by atoms with van der Waals surface area (Å²) in [7, 11) is -3.67. The van der Waals surface area contributed by atoms with Gasteiger partial charge >= 0.3 is 0 Å². The smallest absolute Gasteiger partial charge is 0.263 e. The van der Waals surface area contributed by atoms with Crippen molar-refractivity contribution in [3.8, 4) is 0 Å². The molecule has 2 rings (SSSR count). The maximum atomic E-state index is 12.4. The first-order valence-corrected chi connectivity index (χ1v) is 8.70. The molecule has 0 heterocycles. The van der Waals surface area contributed by atoms with Crippen LogP contribution in [0.1, 0.15) is 5.56 Å². The van der Waals surface area contributed by atoms with Gasteiger partial charge in [0.1, 0.15) is 4.90 Å². The average Bonchev–Trinajstić information content (AvgIpc) is 2.25. The fourth-order valence-electron chi connectivity index (χ4n) is 1.74. The Kier molecular flexibility index (Phi) is 4.41. The first-order chi connectivity index (χ1) is 9.28. The molecule has 0 amide bonds. The van der Waals surface area contributed by atoms with E-state index in [2.05, 4.69) is 36.6 Å². The van der Waals surface area contributed by atoms with Crippen LogP contribution in [0.5, 0.6) is 0 Å². The molecule has 0 saturated carbocycles. The van der Waals surface area contributed by atoms with Crippen LogP contribution in [0.15, 0.2) is 50.2 Å². The molecule has 0 fully saturated rings. The molecule has 20 heavy (non-hydrogen) atoms. The van der Waals surface area contributed by atoms with Crippen molar-refractivity contribution in [1.29, 1.82) is 0 Å². The number of nitrogen functional groups attached to an aromatic ring is 1. The quantitative estimate of drug-likeness (QED) is 0.741. The number of anilines is 2. The maximum Gasteiger partial charge on any atom is 0.263 e. The van der Waals surface area contributed by atoms with Crippen molar-refractivity contribution >= 4 is 53.3 Å². The lowest BCUT2D eigenvalue weighted by molar-refractivity contribution is 0.601. The summed E-state index contributed by atoms with van der Waals surface area (Å²) in [6, 6.07) is 9.93. The average molecular weight is 420 g/mol. The van der Waals surface area contributed by atoms with E-state index in [-0.39, 0.29) is 4.90 Å². The van der Waals surface area contributed by atoms with Crippen molar-refractivity contribution in [3.63, 3.8) is 0 Å². The highest BCUT2D eigenvalue weighted by Gasteiger charge is 2.18. The Morgan fingerprint density at radius 2 is 1.80 bits per heavy atom. The second-order valence-electron chi connectivity index (χ2n) is 4.31. The summed E-state index contributed by atoms with van der Waals surface area (Å²) >= 11 is 6.56. The Labute approximate surface area is 134 Å². The third-order valence-electron chi connectivity index (χ3n) is 2.54. The van der Waals surface area contributed by atoms with Crippen molar-refractivity contribution in [1.82, 2.24) is 0 Å². The van der Waals surface area contributed by atoms with E-state index in [1.54, 1.807) is 24.3 Å². The summed E-state index contributed by atoms with van der Waals surface area (Å²) in [5, 5.41) is 0. The zero-order valence-corrected chi connectivity index (χ0v) is 14.5. The molecule has 0 radical (unpaired) electrons. The maximum absolute atomic E-state index is 12.4. The molecule has 3 N–H and O–H groups in total. The Morgan fingerprint density at radius 1 is 1.10 bits per heavy atom. The molecule has 0 bridgehead atoms. The largest absolute Gasteiger partial charge is 0.399 e. The first kappa shape index (κ1) is 15.3. The van der Waals surface area contributed by atoms with Gasteiger partial charge in [-0.15, -0.1) is 0 Å². The standard InChI is InChI=1S/C13H12Br2N2O2S/c1-8-4-9(14)6-11(5-8)17-20(18,19)13-3-2-10(16)7-12(13)15/h2-7,17H,16H2,1H3. The van der Waals surface area contributed by atoms with Crippen LogP contribution in [-0.2, 0) is 10.0 Å². The van der Waals surface area contributed by atoms with Gasteiger partial charge in [0.05, 0.1) is 5.69 Å². The molecule has 0 aromatic heterocycles. The zero-order chi connectivity index (χ0) is 14.9. The number of sulfonamides is 1. The van der Waals surface area contributed by atoms with E-state index in [9.17, 15) is 8.42 Å². The van der Waals surface area contributed by atoms with Crippen LogP contribution in [-0.4, -0.2) is 8.42 Å². The normalized spacial score (nSPS) is 11.3. The predicted octanol–water partition coefficient (Wildman–Crippen LogP) is 3.90. The molecule has 0 aliphatic heterocycles. The number of hydrogen-bond donors (Lipinski definition) is 2. The molecule has 0 saturated heterocycles. The highest BCUT2D eigenvalue weighted by atomic mass is 79.9. The van der Waals surface area contributed by atoms with Gasteiger partial charge in [-0.25, -0.2) is 8.42 Å². The van der Waals surface area contributed by atoms with Crippen LogP contribution in [0.25, 0.3) is 0 Å². The molecule has 0 aliphatic rings. The van der Waals surface area contributed by atoms with Gasteiger partial charge in [-0.05, 0) is 64.8 Å². The summed E-state index contributed by atoms with van der Waals surface area (Å²) in [6.07, 6.45) is 0. The highest BCUT2D eigenvalue weighted by molar-refractivity contribution is 9.10. The second-order valence-corrected chi connectivity index (χ2v) is 7.73. The molecular formula is C13H12Br2N2O2S. The number of aryl methyl sites for hydroxylation is 1. The Balaban J connectivity index is 2.40. The summed E-state index contributed by atoms with van der Waals surface area (Å²) in [6.45, 7) is 1.89. The number of nitrogens with one attached hydrogen (secondary N) is 1. The molecule has 2 aromatic rings. The van der Waals surface area contributed by atoms with Gasteiger partial charge in [0.2, 0.25) is 0 Å². The predicted molar refractivity (Wildman–Crippen MR) is 88.2 cm³/mol. The molecule has 106 valence electrons. The lowest BCUT2D eigenvalue weighted by atomic mass is 10.2. The SMILES string of the molecule is Cc1cc(Br)cc(NS(=O)(=O)c2ccc(N)cc2Br)c1. The summed E-state index contributed by atoms with van der Waals surface area (Å²) < 4.78 is 28.5. The van der Waals surface area contributed by atoms with Gasteiger partial charge in [-0.1, -0.05) is 15.9 Å². The Bertz CT molecular complexity index is 741. The van der Waals surface area contributed by atoms with E-state index in [4.69, 9.17) is 5.73 Å². The van der Waals surface area contributed by atoms with Gasteiger partial charge in [-0.2, -0.15) is 0 Å². The minimum atomic E-state index is -3.67. The van der Waals surface area contributed by atoms with Crippen molar-refractivity contribution < 1.29 is 8.42 Å². The van der Waals surface area contributed by atoms with Crippen LogP contribution in [0.2, 0.25) is 0 Å². The third kappa shape index (κ3) is 3.53. The molecule has 2 aromatic carbocycles. The van der Waals surface area contributed by atoms with Gasteiger partial charge < -0.3 is 5.73 Å². The van der Waals surface area contributed by atoms with E-state index >= 15 is 0 Å². The Hall–Kier alpha value is -1.05. The molecule has 0 aliphatic carbocycles. The van der Waals surface area contributed by atoms with Crippen LogP contribution in [0.3, 0.4) is 0 Å². The van der Waals surface area contributed by atoms with Crippen LogP contribution < -0.4 is 10.5 Å².